The number of aliphatic hydroxyl groups excluding tert-OH is 1. The predicted octanol–water partition coefficient (Wildman–Crippen LogP) is 7.68. The zero-order valence-electron chi connectivity index (χ0n) is 37.0. The van der Waals surface area contributed by atoms with Crippen molar-refractivity contribution in [2.45, 2.75) is 90.3 Å². The van der Waals surface area contributed by atoms with Crippen LogP contribution in [-0.2, 0) is 33.4 Å². The number of aliphatic carboxylic acids is 2. The van der Waals surface area contributed by atoms with Gasteiger partial charge in [0.25, 0.3) is 11.4 Å². The van der Waals surface area contributed by atoms with Crippen LogP contribution in [0.4, 0.5) is 11.4 Å². The third-order valence-electron chi connectivity index (χ3n) is 8.14. The van der Waals surface area contributed by atoms with E-state index in [-0.39, 0.29) is 123 Å². The van der Waals surface area contributed by atoms with Crippen molar-refractivity contribution < 1.29 is 77.6 Å². The standard InChI is InChI=1S/C17H22N4O8.C13H17NO7.C8H12N6O3/c1-11(29-17(24)6-3-7-19-20-18)12-9-14(27-2)15(10-13(12)21(25)26)28-8-4-5-16(22)23;1-8(15)9-6-11(20-2)12(7-10(9)14(18)19)21-5-3-4-13(16)17;9-13-11-5-1-3-7(15)17-8(16)4-2-6-12-14-10/h9-11H,3-8H2,1-2H3,(H,22,23);6-8,15H,3-5H2,1-2H3,(H,16,17);1-6H2. The molecule has 0 saturated heterocycles. The van der Waals surface area contributed by atoms with Crippen molar-refractivity contribution in [3.63, 3.8) is 0 Å². The highest BCUT2D eigenvalue weighted by molar-refractivity contribution is 5.85. The second-order valence-electron chi connectivity index (χ2n) is 13.2. The highest BCUT2D eigenvalue weighted by atomic mass is 16.6. The van der Waals surface area contributed by atoms with Gasteiger partial charge in [0.2, 0.25) is 0 Å². The Morgan fingerprint density at radius 1 is 0.612 bits per heavy atom. The molecule has 29 heteroatoms. The molecule has 2 aromatic rings. The van der Waals surface area contributed by atoms with Crippen molar-refractivity contribution in [3.8, 4) is 23.0 Å². The molecule has 0 fully saturated rings. The molecule has 0 aromatic heterocycles. The Hall–Kier alpha value is -8.12. The first kappa shape index (κ1) is 58.9. The fourth-order valence-corrected chi connectivity index (χ4v) is 5.03. The summed E-state index contributed by atoms with van der Waals surface area (Å²) in [6, 6.07) is 5.01. The van der Waals surface area contributed by atoms with Gasteiger partial charge in [0, 0.05) is 66.5 Å². The van der Waals surface area contributed by atoms with Gasteiger partial charge in [0.05, 0.1) is 66.6 Å². The number of nitro benzene ring substituents is 2. The number of hydrogen-bond acceptors (Lipinski definition) is 19. The number of carboxylic acid groups (broad SMARTS) is 2. The lowest BCUT2D eigenvalue weighted by Gasteiger charge is -2.17. The molecule has 366 valence electrons. The maximum absolute atomic E-state index is 11.9. The maximum Gasteiger partial charge on any atom is 0.313 e. The van der Waals surface area contributed by atoms with E-state index in [9.17, 15) is 49.3 Å². The average molecular weight is 950 g/mol. The van der Waals surface area contributed by atoms with E-state index in [4.69, 9.17) is 50.5 Å². The molecule has 3 N–H and O–H groups in total. The molecule has 2 atom stereocenters. The van der Waals surface area contributed by atoms with Crippen molar-refractivity contribution in [1.29, 1.82) is 0 Å². The van der Waals surface area contributed by atoms with E-state index in [1.165, 1.54) is 46.3 Å². The number of ether oxygens (including phenoxy) is 6. The van der Waals surface area contributed by atoms with Gasteiger partial charge in [-0.25, -0.2) is 0 Å². The molecule has 2 rings (SSSR count). The fourth-order valence-electron chi connectivity index (χ4n) is 5.03. The van der Waals surface area contributed by atoms with Gasteiger partial charge in [-0.2, -0.15) is 0 Å². The number of esters is 3. The Morgan fingerprint density at radius 2 is 0.985 bits per heavy atom. The molecule has 0 spiro atoms. The lowest BCUT2D eigenvalue weighted by molar-refractivity contribution is -0.386. The SMILES string of the molecule is COc1cc(C(C)O)c([N+](=O)[O-])cc1OCCCC(=O)O.COc1cc(C(C)OC(=O)CCCN=[N+]=[N-])c([N+](=O)[O-])cc1OCCCC(=O)O.[N-]=[N+]=NCCCC(=O)OC(=O)CCCN=[N+]=[N-]. The molecular formula is C38H51N11O18. The van der Waals surface area contributed by atoms with E-state index in [0.29, 0.717) is 19.3 Å². The van der Waals surface area contributed by atoms with Crippen LogP contribution in [0.15, 0.2) is 39.6 Å². The predicted molar refractivity (Wildman–Crippen MR) is 230 cm³/mol. The van der Waals surface area contributed by atoms with Crippen LogP contribution in [-0.4, -0.2) is 102 Å². The molecule has 0 bridgehead atoms. The molecule has 0 amide bonds. The third kappa shape index (κ3) is 25.7. The monoisotopic (exact) mass is 949 g/mol. The Bertz CT molecular complexity index is 2100. The summed E-state index contributed by atoms with van der Waals surface area (Å²) in [7, 11) is 2.72. The van der Waals surface area contributed by atoms with Crippen molar-refractivity contribution in [2.75, 3.05) is 47.1 Å². The van der Waals surface area contributed by atoms with Gasteiger partial charge >= 0.3 is 29.8 Å². The molecule has 0 aliphatic rings. The number of nitro groups is 2. The first-order valence-corrected chi connectivity index (χ1v) is 19.9. The summed E-state index contributed by atoms with van der Waals surface area (Å²) in [4.78, 5) is 83.8. The number of benzene rings is 2. The Kier molecular flexibility index (Phi) is 30.1. The zero-order valence-corrected chi connectivity index (χ0v) is 37.0. The third-order valence-corrected chi connectivity index (χ3v) is 8.14. The number of methoxy groups -OCH3 is 2. The van der Waals surface area contributed by atoms with E-state index in [1.807, 2.05) is 0 Å². The number of hydrogen-bond donors (Lipinski definition) is 3. The van der Waals surface area contributed by atoms with Gasteiger partial charge < -0.3 is 43.7 Å². The van der Waals surface area contributed by atoms with Crippen molar-refractivity contribution >= 4 is 41.2 Å². The van der Waals surface area contributed by atoms with Crippen LogP contribution in [0.3, 0.4) is 0 Å². The summed E-state index contributed by atoms with van der Waals surface area (Å²) < 4.78 is 30.7. The van der Waals surface area contributed by atoms with Gasteiger partial charge in [-0.1, -0.05) is 15.3 Å². The Morgan fingerprint density at radius 3 is 1.33 bits per heavy atom. The summed E-state index contributed by atoms with van der Waals surface area (Å²) >= 11 is 0. The number of carbonyl (C=O) groups excluding carboxylic acids is 3. The summed E-state index contributed by atoms with van der Waals surface area (Å²) in [5.41, 5.74) is 23.8. The quantitative estimate of drug-likeness (QED) is 0.0103. The minimum absolute atomic E-state index is 0.000928. The normalized spacial score (nSPS) is 10.7. The minimum atomic E-state index is -1.03. The highest BCUT2D eigenvalue weighted by Gasteiger charge is 2.26. The largest absolute Gasteiger partial charge is 0.493 e. The number of nitrogens with zero attached hydrogens (tertiary/aromatic N) is 11. The van der Waals surface area contributed by atoms with Crippen LogP contribution in [0.1, 0.15) is 101 Å². The number of carbonyl (C=O) groups is 5. The van der Waals surface area contributed by atoms with E-state index in [0.717, 1.165) is 6.07 Å². The summed E-state index contributed by atoms with van der Waals surface area (Å²) in [5, 5.41) is 59.0. The van der Waals surface area contributed by atoms with Crippen LogP contribution in [0.5, 0.6) is 23.0 Å². The maximum atomic E-state index is 11.9. The van der Waals surface area contributed by atoms with Crippen LogP contribution < -0.4 is 18.9 Å². The van der Waals surface area contributed by atoms with Gasteiger partial charge in [-0.15, -0.1) is 0 Å². The Labute approximate surface area is 381 Å². The van der Waals surface area contributed by atoms with Crippen molar-refractivity contribution in [3.05, 3.63) is 86.9 Å². The molecule has 67 heavy (non-hydrogen) atoms. The number of aliphatic hydroxyl groups is 1. The van der Waals surface area contributed by atoms with Crippen LogP contribution in [0.25, 0.3) is 31.3 Å². The first-order valence-electron chi connectivity index (χ1n) is 19.9. The molecule has 0 heterocycles. The smallest absolute Gasteiger partial charge is 0.313 e. The summed E-state index contributed by atoms with van der Waals surface area (Å²) in [6.07, 6.45) is -0.596. The van der Waals surface area contributed by atoms with Crippen LogP contribution in [0, 0.1) is 20.2 Å². The molecule has 0 aliphatic heterocycles. The summed E-state index contributed by atoms with van der Waals surface area (Å²) in [6.45, 7) is 3.55. The average Bonchev–Trinajstić information content (AvgIpc) is 3.28. The number of azide groups is 3. The molecule has 29 nitrogen and oxygen atoms in total. The van der Waals surface area contributed by atoms with E-state index >= 15 is 0 Å². The fraction of sp³-hybridized carbons (Fsp3) is 0.553. The van der Waals surface area contributed by atoms with Gasteiger partial charge in [-0.3, -0.25) is 44.2 Å². The topological polar surface area (TPSA) is 434 Å². The molecular weight excluding hydrogens is 898 g/mol. The molecule has 0 saturated carbocycles. The zero-order chi connectivity index (χ0) is 50.7. The van der Waals surface area contributed by atoms with E-state index in [2.05, 4.69) is 34.8 Å². The molecule has 0 radical (unpaired) electrons. The second-order valence-corrected chi connectivity index (χ2v) is 13.2. The number of rotatable bonds is 29. The minimum Gasteiger partial charge on any atom is -0.493 e. The molecule has 2 unspecified atom stereocenters. The van der Waals surface area contributed by atoms with E-state index < -0.39 is 51.9 Å². The van der Waals surface area contributed by atoms with E-state index in [1.54, 1.807) is 0 Å². The van der Waals surface area contributed by atoms with Crippen molar-refractivity contribution in [2.24, 2.45) is 15.3 Å². The van der Waals surface area contributed by atoms with Gasteiger partial charge in [0.1, 0.15) is 6.10 Å². The highest BCUT2D eigenvalue weighted by Crippen LogP contribution is 2.39. The Balaban J connectivity index is 0.00000102. The van der Waals surface area contributed by atoms with Crippen molar-refractivity contribution in [1.82, 2.24) is 0 Å². The number of carboxylic acids is 2. The summed E-state index contributed by atoms with van der Waals surface area (Å²) in [5.74, 6) is -3.15. The van der Waals surface area contributed by atoms with Crippen LogP contribution in [0.2, 0.25) is 0 Å². The van der Waals surface area contributed by atoms with Crippen LogP contribution >= 0.6 is 0 Å². The lowest BCUT2D eigenvalue weighted by atomic mass is 10.1. The second kappa shape index (κ2) is 34.3. The lowest BCUT2D eigenvalue weighted by Crippen LogP contribution is -2.12. The molecule has 2 aromatic carbocycles. The molecule has 0 aliphatic carbocycles. The first-order chi connectivity index (χ1) is 31.9. The van der Waals surface area contributed by atoms with Gasteiger partial charge in [0.15, 0.2) is 23.0 Å². The van der Waals surface area contributed by atoms with Gasteiger partial charge in [-0.05, 0) is 74.7 Å².